The van der Waals surface area contributed by atoms with Crippen LogP contribution in [-0.2, 0) is 24.7 Å². The highest BCUT2D eigenvalue weighted by molar-refractivity contribution is 5.85. The average Bonchev–Trinajstić information content (AvgIpc) is 3.03. The molecule has 0 saturated carbocycles. The first kappa shape index (κ1) is 22.8. The second-order valence-corrected chi connectivity index (χ2v) is 9.99. The van der Waals surface area contributed by atoms with E-state index in [1.54, 1.807) is 0 Å². The van der Waals surface area contributed by atoms with Gasteiger partial charge in [-0.2, -0.15) is 0 Å². The molecule has 0 heteroatoms. The van der Waals surface area contributed by atoms with Gasteiger partial charge in [-0.25, -0.2) is 0 Å². The van der Waals surface area contributed by atoms with Gasteiger partial charge in [0.1, 0.15) is 0 Å². The minimum absolute atomic E-state index is 0.0977. The molecule has 0 spiro atoms. The molecule has 1 aliphatic rings. The first-order valence-corrected chi connectivity index (χ1v) is 12.8. The molecule has 0 aromatic heterocycles. The second-order valence-electron chi connectivity index (χ2n) is 9.99. The normalized spacial score (nSPS) is 13.8. The van der Waals surface area contributed by atoms with Crippen LogP contribution in [0.2, 0.25) is 0 Å². The lowest BCUT2D eigenvalue weighted by molar-refractivity contribution is 0.666. The van der Waals surface area contributed by atoms with Crippen LogP contribution >= 0.6 is 0 Å². The molecule has 0 unspecified atom stereocenters. The molecule has 1 aliphatic carbocycles. The van der Waals surface area contributed by atoms with Gasteiger partial charge in [-0.1, -0.05) is 88.6 Å². The molecule has 0 bridgehead atoms. The third kappa shape index (κ3) is 3.83. The minimum atomic E-state index is -0.0977. The smallest absolute Gasteiger partial charge is 0.0435 e. The average molecular weight is 425 g/mol. The fraction of sp³-hybridized carbons (Fsp3) is 0.438. The predicted octanol–water partition coefficient (Wildman–Crippen LogP) is 8.89. The van der Waals surface area contributed by atoms with Crippen molar-refractivity contribution < 1.29 is 0 Å². The van der Waals surface area contributed by atoms with E-state index in [0.29, 0.717) is 0 Å². The Morgan fingerprint density at radius 1 is 0.656 bits per heavy atom. The van der Waals surface area contributed by atoms with Crippen molar-refractivity contribution in [2.45, 2.75) is 91.9 Å². The van der Waals surface area contributed by atoms with Crippen LogP contribution in [-0.4, -0.2) is 0 Å². The van der Waals surface area contributed by atoms with Crippen LogP contribution in [0.15, 0.2) is 48.5 Å². The molecule has 4 rings (SSSR count). The molecule has 3 aromatic carbocycles. The van der Waals surface area contributed by atoms with Gasteiger partial charge in [0, 0.05) is 5.41 Å². The van der Waals surface area contributed by atoms with Crippen LogP contribution in [0.4, 0.5) is 0 Å². The molecule has 168 valence electrons. The van der Waals surface area contributed by atoms with Gasteiger partial charge in [0.25, 0.3) is 0 Å². The number of fused-ring (bicyclic) bond motifs is 3. The van der Waals surface area contributed by atoms with Crippen molar-refractivity contribution in [3.63, 3.8) is 0 Å². The Labute approximate surface area is 196 Å². The third-order valence-corrected chi connectivity index (χ3v) is 7.93. The summed E-state index contributed by atoms with van der Waals surface area (Å²) in [6, 6.07) is 19.5. The first-order valence-electron chi connectivity index (χ1n) is 12.8. The van der Waals surface area contributed by atoms with E-state index in [4.69, 9.17) is 0 Å². The molecule has 0 N–H and O–H groups in total. The summed E-state index contributed by atoms with van der Waals surface area (Å²) in [6.07, 6.45) is 8.66. The lowest BCUT2D eigenvalue weighted by Crippen LogP contribution is -2.23. The lowest BCUT2D eigenvalue weighted by atomic mass is 9.73. The number of hydrogen-bond acceptors (Lipinski definition) is 0. The van der Waals surface area contributed by atoms with Gasteiger partial charge >= 0.3 is 0 Å². The number of rotatable bonds is 8. The number of unbranched alkanes of at least 4 members (excludes halogenated alkanes) is 3. The van der Waals surface area contributed by atoms with Gasteiger partial charge < -0.3 is 0 Å². The zero-order valence-corrected chi connectivity index (χ0v) is 21.1. The molecule has 0 amide bonds. The summed E-state index contributed by atoms with van der Waals surface area (Å²) in [5.74, 6) is 0. The van der Waals surface area contributed by atoms with Gasteiger partial charge in [0.2, 0.25) is 0 Å². The van der Waals surface area contributed by atoms with E-state index in [9.17, 15) is 0 Å². The molecule has 3 aromatic rings. The molecule has 0 atom stereocenters. The zero-order valence-electron chi connectivity index (χ0n) is 21.1. The highest BCUT2D eigenvalue weighted by atomic mass is 14.4. The van der Waals surface area contributed by atoms with E-state index in [1.165, 1.54) is 87.7 Å². The maximum Gasteiger partial charge on any atom is 0.0435 e. The molecule has 32 heavy (non-hydrogen) atoms. The molecule has 0 saturated heterocycles. The van der Waals surface area contributed by atoms with Crippen LogP contribution in [0.25, 0.3) is 11.1 Å². The van der Waals surface area contributed by atoms with Crippen LogP contribution in [0, 0.1) is 13.8 Å². The third-order valence-electron chi connectivity index (χ3n) is 7.93. The van der Waals surface area contributed by atoms with Crippen molar-refractivity contribution >= 4 is 0 Å². The molecule has 0 aliphatic heterocycles. The molecular formula is C32H40. The zero-order chi connectivity index (χ0) is 22.9. The SMILES string of the molecule is CCCCCCc1ccc(C2(C)c3cc(C)c(CC)cc3-c3cc(CC)c(C)cc32)cc1. The van der Waals surface area contributed by atoms with Crippen LogP contribution in [0.3, 0.4) is 0 Å². The summed E-state index contributed by atoms with van der Waals surface area (Å²) in [7, 11) is 0. The number of aryl methyl sites for hydroxylation is 5. The van der Waals surface area contributed by atoms with Gasteiger partial charge in [0.05, 0.1) is 0 Å². The molecular weight excluding hydrogens is 384 g/mol. The summed E-state index contributed by atoms with van der Waals surface area (Å²) in [5.41, 5.74) is 14.4. The van der Waals surface area contributed by atoms with Crippen LogP contribution in [0.1, 0.15) is 97.9 Å². The predicted molar refractivity (Wildman–Crippen MR) is 140 cm³/mol. The van der Waals surface area contributed by atoms with Crippen molar-refractivity contribution in [2.24, 2.45) is 0 Å². The molecule has 0 radical (unpaired) electrons. The van der Waals surface area contributed by atoms with Crippen molar-refractivity contribution in [3.8, 4) is 11.1 Å². The van der Waals surface area contributed by atoms with Crippen LogP contribution < -0.4 is 0 Å². The summed E-state index contributed by atoms with van der Waals surface area (Å²) in [5, 5.41) is 0. The van der Waals surface area contributed by atoms with Crippen molar-refractivity contribution in [2.75, 3.05) is 0 Å². The van der Waals surface area contributed by atoms with Gasteiger partial charge in [-0.3, -0.25) is 0 Å². The first-order chi connectivity index (χ1) is 15.4. The second kappa shape index (κ2) is 9.26. The highest BCUT2D eigenvalue weighted by Crippen LogP contribution is 2.53. The fourth-order valence-electron chi connectivity index (χ4n) is 5.76. The maximum absolute atomic E-state index is 2.48. The Bertz CT molecular complexity index is 1040. The minimum Gasteiger partial charge on any atom is -0.0654 e. The molecule has 0 heterocycles. The Balaban J connectivity index is 1.82. The summed E-state index contributed by atoms with van der Waals surface area (Å²) in [6.45, 7) is 13.8. The van der Waals surface area contributed by atoms with E-state index < -0.39 is 0 Å². The number of hydrogen-bond donors (Lipinski definition) is 0. The van der Waals surface area contributed by atoms with Crippen LogP contribution in [0.5, 0.6) is 0 Å². The maximum atomic E-state index is 2.48. The Morgan fingerprint density at radius 2 is 1.19 bits per heavy atom. The van der Waals surface area contributed by atoms with E-state index >= 15 is 0 Å². The van der Waals surface area contributed by atoms with E-state index in [-0.39, 0.29) is 5.41 Å². The van der Waals surface area contributed by atoms with Gasteiger partial charge in [0.15, 0.2) is 0 Å². The van der Waals surface area contributed by atoms with E-state index in [1.807, 2.05) is 0 Å². The quantitative estimate of drug-likeness (QED) is 0.317. The number of benzene rings is 3. The van der Waals surface area contributed by atoms with E-state index in [2.05, 4.69) is 90.1 Å². The van der Waals surface area contributed by atoms with E-state index in [0.717, 1.165) is 12.8 Å². The summed E-state index contributed by atoms with van der Waals surface area (Å²) < 4.78 is 0. The Hall–Kier alpha value is -2.34. The lowest BCUT2D eigenvalue weighted by Gasteiger charge is -2.29. The van der Waals surface area contributed by atoms with Crippen molar-refractivity contribution in [1.29, 1.82) is 0 Å². The topological polar surface area (TPSA) is 0 Å². The monoisotopic (exact) mass is 424 g/mol. The van der Waals surface area contributed by atoms with Crippen molar-refractivity contribution in [3.05, 3.63) is 93.0 Å². The molecule has 0 nitrogen and oxygen atoms in total. The van der Waals surface area contributed by atoms with Gasteiger partial charge in [-0.05, 0) is 102 Å². The fourth-order valence-corrected chi connectivity index (χ4v) is 5.76. The largest absolute Gasteiger partial charge is 0.0654 e. The summed E-state index contributed by atoms with van der Waals surface area (Å²) in [4.78, 5) is 0. The summed E-state index contributed by atoms with van der Waals surface area (Å²) >= 11 is 0. The highest BCUT2D eigenvalue weighted by Gasteiger charge is 2.41. The molecule has 0 fully saturated rings. The van der Waals surface area contributed by atoms with Crippen molar-refractivity contribution in [1.82, 2.24) is 0 Å². The standard InChI is InChI=1S/C32H40/c1-7-10-11-12-13-24-14-16-27(17-15-24)32(6)30-18-22(4)25(8-2)20-28(30)29-21-26(9-3)23(5)19-31(29)32/h14-21H,7-13H2,1-6H3. The van der Waals surface area contributed by atoms with Gasteiger partial charge in [-0.15, -0.1) is 0 Å². The Morgan fingerprint density at radius 3 is 1.66 bits per heavy atom. The Kier molecular flexibility index (Phi) is 6.61.